The Labute approximate surface area is 133 Å². The molecule has 0 aliphatic carbocycles. The zero-order chi connectivity index (χ0) is 16.8. The Morgan fingerprint density at radius 3 is 2.32 bits per heavy atom. The summed E-state index contributed by atoms with van der Waals surface area (Å²) >= 11 is 4.59. The molecule has 0 unspecified atom stereocenters. The van der Waals surface area contributed by atoms with Gasteiger partial charge in [-0.15, -0.1) is 0 Å². The lowest BCUT2D eigenvalue weighted by Crippen LogP contribution is -2.42. The Bertz CT molecular complexity index is 630. The third-order valence-corrected chi connectivity index (χ3v) is 3.57. The molecule has 1 aromatic rings. The second-order valence-corrected chi connectivity index (χ2v) is 6.17. The van der Waals surface area contributed by atoms with Crippen LogP contribution in [0, 0.1) is 0 Å². The average Bonchev–Trinajstić information content (AvgIpc) is 2.44. The van der Waals surface area contributed by atoms with Gasteiger partial charge in [-0.05, 0) is 17.7 Å². The molecule has 0 spiro atoms. The highest BCUT2D eigenvalue weighted by atomic mass is 32.2. The van der Waals surface area contributed by atoms with Crippen LogP contribution in [0.1, 0.15) is 11.6 Å². The Morgan fingerprint density at radius 1 is 1.23 bits per heavy atom. The first kappa shape index (κ1) is 18.3. The summed E-state index contributed by atoms with van der Waals surface area (Å²) in [6.45, 7) is -0.310. The summed E-state index contributed by atoms with van der Waals surface area (Å²) in [4.78, 5) is 23.5. The third-order valence-electron chi connectivity index (χ3n) is 2.58. The Balaban J connectivity index is 2.83. The quantitative estimate of drug-likeness (QED) is 0.503. The molecule has 0 aliphatic rings. The molecule has 0 saturated heterocycles. The normalized spacial score (nSPS) is 12.5. The van der Waals surface area contributed by atoms with E-state index in [1.54, 1.807) is 0 Å². The molecular formula is C12H15N2O6S2. The van der Waals surface area contributed by atoms with Gasteiger partial charge in [0.2, 0.25) is 11.8 Å². The van der Waals surface area contributed by atoms with Gasteiger partial charge in [-0.2, -0.15) is 8.42 Å². The van der Waals surface area contributed by atoms with Crippen LogP contribution in [-0.2, 0) is 19.7 Å². The van der Waals surface area contributed by atoms with Crippen LogP contribution >= 0.6 is 12.6 Å². The van der Waals surface area contributed by atoms with Crippen LogP contribution < -0.4 is 10.6 Å². The van der Waals surface area contributed by atoms with E-state index >= 15 is 0 Å². The SMILES string of the molecule is O=C(C[S])N[C@@H](C(=O)NCCS(=O)(=O)O)c1ccc(O)cc1. The van der Waals surface area contributed by atoms with Gasteiger partial charge in [-0.3, -0.25) is 14.1 Å². The Hall–Kier alpha value is -1.78. The highest BCUT2D eigenvalue weighted by Crippen LogP contribution is 2.17. The van der Waals surface area contributed by atoms with Crippen molar-refractivity contribution in [1.29, 1.82) is 0 Å². The number of phenols is 1. The van der Waals surface area contributed by atoms with E-state index in [9.17, 15) is 23.1 Å². The molecule has 0 aliphatic heterocycles. The summed E-state index contributed by atoms with van der Waals surface area (Å²) in [5.74, 6) is -2.10. The number of nitrogens with one attached hydrogen (secondary N) is 2. The lowest BCUT2D eigenvalue weighted by molar-refractivity contribution is -0.128. The highest BCUT2D eigenvalue weighted by Gasteiger charge is 2.22. The Kier molecular flexibility index (Phi) is 6.65. The molecule has 10 heteroatoms. The maximum absolute atomic E-state index is 12.1. The van der Waals surface area contributed by atoms with Crippen LogP contribution in [0.2, 0.25) is 0 Å². The van der Waals surface area contributed by atoms with Crippen LogP contribution in [0.25, 0.3) is 0 Å². The van der Waals surface area contributed by atoms with Crippen molar-refractivity contribution in [1.82, 2.24) is 10.6 Å². The van der Waals surface area contributed by atoms with Gasteiger partial charge in [-0.1, -0.05) is 24.8 Å². The van der Waals surface area contributed by atoms with Crippen LogP contribution in [0.5, 0.6) is 5.75 Å². The molecule has 0 aromatic heterocycles. The monoisotopic (exact) mass is 347 g/mol. The molecular weight excluding hydrogens is 332 g/mol. The van der Waals surface area contributed by atoms with E-state index in [1.165, 1.54) is 24.3 Å². The van der Waals surface area contributed by atoms with Crippen molar-refractivity contribution in [2.75, 3.05) is 18.1 Å². The first-order valence-electron chi connectivity index (χ1n) is 6.12. The first-order chi connectivity index (χ1) is 10.2. The number of benzene rings is 1. The van der Waals surface area contributed by atoms with Crippen molar-refractivity contribution < 1.29 is 27.7 Å². The molecule has 22 heavy (non-hydrogen) atoms. The molecule has 2 amide bonds. The topological polar surface area (TPSA) is 133 Å². The molecule has 1 atom stereocenters. The van der Waals surface area contributed by atoms with Crippen LogP contribution in [0.15, 0.2) is 24.3 Å². The van der Waals surface area contributed by atoms with Gasteiger partial charge >= 0.3 is 0 Å². The number of amides is 2. The fourth-order valence-electron chi connectivity index (χ4n) is 1.57. The summed E-state index contributed by atoms with van der Waals surface area (Å²) in [5, 5.41) is 13.9. The number of carbonyl (C=O) groups is 2. The van der Waals surface area contributed by atoms with Crippen molar-refractivity contribution >= 4 is 34.6 Å². The van der Waals surface area contributed by atoms with E-state index in [2.05, 4.69) is 23.3 Å². The van der Waals surface area contributed by atoms with Gasteiger partial charge in [0.1, 0.15) is 11.8 Å². The van der Waals surface area contributed by atoms with E-state index in [-0.39, 0.29) is 18.0 Å². The lowest BCUT2D eigenvalue weighted by Gasteiger charge is -2.18. The van der Waals surface area contributed by atoms with Crippen LogP contribution in [-0.4, -0.2) is 47.9 Å². The number of hydrogen-bond acceptors (Lipinski definition) is 5. The van der Waals surface area contributed by atoms with E-state index in [0.717, 1.165) is 0 Å². The van der Waals surface area contributed by atoms with Crippen molar-refractivity contribution in [2.45, 2.75) is 6.04 Å². The third kappa shape index (κ3) is 6.33. The molecule has 4 N–H and O–H groups in total. The molecule has 0 heterocycles. The van der Waals surface area contributed by atoms with E-state index in [4.69, 9.17) is 4.55 Å². The molecule has 0 saturated carbocycles. The summed E-state index contributed by atoms with van der Waals surface area (Å²) in [5.41, 5.74) is 0.388. The maximum Gasteiger partial charge on any atom is 0.266 e. The minimum atomic E-state index is -4.20. The van der Waals surface area contributed by atoms with Gasteiger partial charge in [0.15, 0.2) is 0 Å². The number of hydrogen-bond donors (Lipinski definition) is 4. The Morgan fingerprint density at radius 2 is 1.82 bits per heavy atom. The zero-order valence-electron chi connectivity index (χ0n) is 11.4. The molecule has 1 rings (SSSR count). The van der Waals surface area contributed by atoms with Gasteiger partial charge in [-0.25, -0.2) is 0 Å². The number of phenolic OH excluding ortho intramolecular Hbond substituents is 1. The smallest absolute Gasteiger partial charge is 0.266 e. The fraction of sp³-hybridized carbons (Fsp3) is 0.333. The van der Waals surface area contributed by atoms with Crippen molar-refractivity contribution in [2.24, 2.45) is 0 Å². The second-order valence-electron chi connectivity index (χ2n) is 4.31. The van der Waals surface area contributed by atoms with Crippen molar-refractivity contribution in [3.63, 3.8) is 0 Å². The van der Waals surface area contributed by atoms with Gasteiger partial charge in [0.25, 0.3) is 10.1 Å². The number of aromatic hydroxyl groups is 1. The maximum atomic E-state index is 12.1. The summed E-state index contributed by atoms with van der Waals surface area (Å²) in [7, 11) is -4.20. The van der Waals surface area contributed by atoms with E-state index in [1.807, 2.05) is 0 Å². The predicted octanol–water partition coefficient (Wildman–Crippen LogP) is -0.249. The van der Waals surface area contributed by atoms with Crippen LogP contribution in [0.4, 0.5) is 0 Å². The molecule has 1 aromatic carbocycles. The van der Waals surface area contributed by atoms with Gasteiger partial charge in [0.05, 0.1) is 11.5 Å². The van der Waals surface area contributed by atoms with Crippen molar-refractivity contribution in [3.8, 4) is 5.75 Å². The second kappa shape index (κ2) is 8.01. The number of rotatable bonds is 7. The lowest BCUT2D eigenvalue weighted by atomic mass is 10.1. The minimum Gasteiger partial charge on any atom is -0.508 e. The molecule has 0 fully saturated rings. The molecule has 0 bridgehead atoms. The largest absolute Gasteiger partial charge is 0.508 e. The average molecular weight is 347 g/mol. The van der Waals surface area contributed by atoms with Crippen molar-refractivity contribution in [3.05, 3.63) is 29.8 Å². The van der Waals surface area contributed by atoms with Crippen LogP contribution in [0.3, 0.4) is 0 Å². The molecule has 8 nitrogen and oxygen atoms in total. The highest BCUT2D eigenvalue weighted by molar-refractivity contribution is 7.85. The summed E-state index contributed by atoms with van der Waals surface area (Å²) in [6.07, 6.45) is 0. The molecule has 121 valence electrons. The first-order valence-corrected chi connectivity index (χ1v) is 8.31. The standard InChI is InChI=1S/C12H15N2O6S2/c15-9-3-1-8(2-4-9)11(14-10(16)7-21)12(17)13-5-6-22(18,19)20/h1-4,11,15H,5-7H2,(H,13,17)(H,14,16)(H,18,19,20)/t11-/m1/s1. The van der Waals surface area contributed by atoms with Gasteiger partial charge < -0.3 is 15.7 Å². The number of carbonyl (C=O) groups excluding carboxylic acids is 2. The predicted molar refractivity (Wildman–Crippen MR) is 80.9 cm³/mol. The zero-order valence-corrected chi connectivity index (χ0v) is 13.0. The molecule has 1 radical (unpaired) electrons. The van der Waals surface area contributed by atoms with E-state index < -0.39 is 33.7 Å². The van der Waals surface area contributed by atoms with E-state index in [0.29, 0.717) is 5.56 Å². The summed E-state index contributed by atoms with van der Waals surface area (Å²) in [6, 6.07) is 4.47. The fourth-order valence-corrected chi connectivity index (χ4v) is 2.02. The minimum absolute atomic E-state index is 0.0103. The van der Waals surface area contributed by atoms with Gasteiger partial charge in [0, 0.05) is 6.54 Å². The summed E-state index contributed by atoms with van der Waals surface area (Å²) < 4.78 is 29.8.